The monoisotopic (exact) mass is 408 g/mol. The number of aryl methyl sites for hydroxylation is 1. The summed E-state index contributed by atoms with van der Waals surface area (Å²) in [5.74, 6) is 0.153. The van der Waals surface area contributed by atoms with Gasteiger partial charge >= 0.3 is 5.97 Å². The summed E-state index contributed by atoms with van der Waals surface area (Å²) >= 11 is 1.17. The van der Waals surface area contributed by atoms with Crippen LogP contribution in [0, 0.1) is 6.92 Å². The van der Waals surface area contributed by atoms with E-state index in [1.165, 1.54) is 18.4 Å². The smallest absolute Gasteiger partial charge is 0.348 e. The van der Waals surface area contributed by atoms with Gasteiger partial charge in [0.25, 0.3) is 5.56 Å². The predicted molar refractivity (Wildman–Crippen MR) is 105 cm³/mol. The maximum atomic E-state index is 12.6. The number of thiophene rings is 1. The zero-order chi connectivity index (χ0) is 20.3. The SMILES string of the molecule is COCCOC(=O)c1sc2nc(CN3CCN(C(C)=O)CC3)[nH]c(=O)c2c1C. The molecular weight excluding hydrogens is 384 g/mol. The molecular formula is C18H24N4O5S. The van der Waals surface area contributed by atoms with Crippen molar-refractivity contribution >= 4 is 33.4 Å². The van der Waals surface area contributed by atoms with Gasteiger partial charge in [0, 0.05) is 40.2 Å². The fourth-order valence-electron chi connectivity index (χ4n) is 3.17. The van der Waals surface area contributed by atoms with Crippen LogP contribution in [0.1, 0.15) is 28.0 Å². The van der Waals surface area contributed by atoms with E-state index in [0.29, 0.717) is 52.7 Å². The second-order valence-electron chi connectivity index (χ2n) is 6.66. The van der Waals surface area contributed by atoms with Crippen molar-refractivity contribution in [3.8, 4) is 0 Å². The lowest BCUT2D eigenvalue weighted by Gasteiger charge is -2.33. The van der Waals surface area contributed by atoms with Crippen molar-refractivity contribution in [1.82, 2.24) is 19.8 Å². The Morgan fingerprint density at radius 2 is 1.93 bits per heavy atom. The summed E-state index contributed by atoms with van der Waals surface area (Å²) in [6.45, 7) is 7.03. The predicted octanol–water partition coefficient (Wildman–Crippen LogP) is 0.760. The van der Waals surface area contributed by atoms with Gasteiger partial charge in [0.2, 0.25) is 5.91 Å². The van der Waals surface area contributed by atoms with Crippen molar-refractivity contribution in [2.24, 2.45) is 0 Å². The molecule has 0 aromatic carbocycles. The molecule has 28 heavy (non-hydrogen) atoms. The normalized spacial score (nSPS) is 15.2. The molecule has 0 bridgehead atoms. The summed E-state index contributed by atoms with van der Waals surface area (Å²) in [6.07, 6.45) is 0. The first-order valence-corrected chi connectivity index (χ1v) is 9.88. The number of hydrogen-bond acceptors (Lipinski definition) is 8. The Morgan fingerprint density at radius 1 is 1.21 bits per heavy atom. The second kappa shape index (κ2) is 8.80. The van der Waals surface area contributed by atoms with E-state index in [9.17, 15) is 14.4 Å². The van der Waals surface area contributed by atoms with Crippen LogP contribution in [0.4, 0.5) is 0 Å². The molecule has 10 heteroatoms. The second-order valence-corrected chi connectivity index (χ2v) is 7.66. The molecule has 2 aromatic heterocycles. The molecule has 1 aliphatic rings. The van der Waals surface area contributed by atoms with Gasteiger partial charge in [-0.2, -0.15) is 0 Å². The summed E-state index contributed by atoms with van der Waals surface area (Å²) in [6, 6.07) is 0. The van der Waals surface area contributed by atoms with Gasteiger partial charge in [0.15, 0.2) is 0 Å². The molecule has 0 unspecified atom stereocenters. The number of nitrogens with one attached hydrogen (secondary N) is 1. The standard InChI is InChI=1S/C18H24N4O5S/c1-11-14-16(24)19-13(10-21-4-6-22(7-5-21)12(2)23)20-17(14)28-15(11)18(25)27-9-8-26-3/h4-10H2,1-3H3,(H,19,20,24). The van der Waals surface area contributed by atoms with Crippen molar-refractivity contribution < 1.29 is 19.1 Å². The van der Waals surface area contributed by atoms with Gasteiger partial charge in [-0.1, -0.05) is 0 Å². The lowest BCUT2D eigenvalue weighted by Crippen LogP contribution is -2.47. The lowest BCUT2D eigenvalue weighted by atomic mass is 10.2. The van der Waals surface area contributed by atoms with Gasteiger partial charge in [-0.25, -0.2) is 9.78 Å². The third kappa shape index (κ3) is 4.40. The Labute approximate surface area is 166 Å². The van der Waals surface area contributed by atoms with E-state index in [2.05, 4.69) is 14.9 Å². The molecule has 0 radical (unpaired) electrons. The third-order valence-corrected chi connectivity index (χ3v) is 5.91. The third-order valence-electron chi connectivity index (χ3n) is 4.75. The van der Waals surface area contributed by atoms with Gasteiger partial charge in [0.1, 0.15) is 22.1 Å². The first kappa shape index (κ1) is 20.4. The van der Waals surface area contributed by atoms with Crippen LogP contribution in [0.3, 0.4) is 0 Å². The molecule has 1 fully saturated rings. The van der Waals surface area contributed by atoms with Crippen LogP contribution >= 0.6 is 11.3 Å². The van der Waals surface area contributed by atoms with Gasteiger partial charge in [-0.15, -0.1) is 11.3 Å². The van der Waals surface area contributed by atoms with E-state index in [0.717, 1.165) is 13.1 Å². The number of piperazine rings is 1. The molecule has 0 atom stereocenters. The summed E-state index contributed by atoms with van der Waals surface area (Å²) in [7, 11) is 1.53. The summed E-state index contributed by atoms with van der Waals surface area (Å²) in [4.78, 5) is 48.5. The van der Waals surface area contributed by atoms with E-state index >= 15 is 0 Å². The van der Waals surface area contributed by atoms with Crippen LogP contribution in [0.2, 0.25) is 0 Å². The number of amides is 1. The minimum atomic E-state index is -0.473. The van der Waals surface area contributed by atoms with E-state index in [-0.39, 0.29) is 18.1 Å². The first-order valence-electron chi connectivity index (χ1n) is 9.07. The van der Waals surface area contributed by atoms with E-state index < -0.39 is 5.97 Å². The highest BCUT2D eigenvalue weighted by atomic mass is 32.1. The molecule has 3 heterocycles. The number of carbonyl (C=O) groups is 2. The highest BCUT2D eigenvalue weighted by molar-refractivity contribution is 7.20. The molecule has 9 nitrogen and oxygen atoms in total. The Balaban J connectivity index is 1.76. The Kier molecular flexibility index (Phi) is 6.42. The largest absolute Gasteiger partial charge is 0.459 e. The number of fused-ring (bicyclic) bond motifs is 1. The molecule has 1 amide bonds. The van der Waals surface area contributed by atoms with Gasteiger partial charge in [-0.05, 0) is 12.5 Å². The molecule has 1 saturated heterocycles. The van der Waals surface area contributed by atoms with E-state index in [1.807, 2.05) is 0 Å². The number of aromatic amines is 1. The van der Waals surface area contributed by atoms with Gasteiger partial charge in [-0.3, -0.25) is 14.5 Å². The number of nitrogens with zero attached hydrogens (tertiary/aromatic N) is 3. The molecule has 3 rings (SSSR count). The fraction of sp³-hybridized carbons (Fsp3) is 0.556. The highest BCUT2D eigenvalue weighted by Gasteiger charge is 2.22. The number of aromatic nitrogens is 2. The van der Waals surface area contributed by atoms with Crippen LogP contribution in [-0.4, -0.2) is 78.1 Å². The van der Waals surface area contributed by atoms with Crippen molar-refractivity contribution in [2.75, 3.05) is 46.5 Å². The molecule has 0 spiro atoms. The van der Waals surface area contributed by atoms with Crippen molar-refractivity contribution in [1.29, 1.82) is 0 Å². The maximum absolute atomic E-state index is 12.6. The molecule has 0 aliphatic carbocycles. The van der Waals surface area contributed by atoms with Crippen molar-refractivity contribution in [2.45, 2.75) is 20.4 Å². The molecule has 152 valence electrons. The first-order chi connectivity index (χ1) is 13.4. The van der Waals surface area contributed by atoms with Crippen molar-refractivity contribution in [3.05, 3.63) is 26.6 Å². The number of ether oxygens (including phenoxy) is 2. The van der Waals surface area contributed by atoms with Crippen LogP contribution in [0.25, 0.3) is 10.2 Å². The zero-order valence-corrected chi connectivity index (χ0v) is 17.1. The average molecular weight is 408 g/mol. The van der Waals surface area contributed by atoms with Gasteiger partial charge in [0.05, 0.1) is 18.5 Å². The Morgan fingerprint density at radius 3 is 2.57 bits per heavy atom. The number of carbonyl (C=O) groups excluding carboxylic acids is 2. The van der Waals surface area contributed by atoms with Crippen LogP contribution < -0.4 is 5.56 Å². The van der Waals surface area contributed by atoms with Crippen LogP contribution in [-0.2, 0) is 20.8 Å². The minimum Gasteiger partial charge on any atom is -0.459 e. The summed E-state index contributed by atoms with van der Waals surface area (Å²) in [5.41, 5.74) is 0.324. The van der Waals surface area contributed by atoms with E-state index in [1.54, 1.807) is 18.7 Å². The summed E-state index contributed by atoms with van der Waals surface area (Å²) in [5, 5.41) is 0.425. The van der Waals surface area contributed by atoms with Gasteiger partial charge < -0.3 is 19.4 Å². The number of hydrogen-bond donors (Lipinski definition) is 1. The minimum absolute atomic E-state index is 0.0755. The number of esters is 1. The fourth-order valence-corrected chi connectivity index (χ4v) is 4.27. The average Bonchev–Trinajstić information content (AvgIpc) is 2.99. The number of methoxy groups -OCH3 is 1. The number of H-pyrrole nitrogens is 1. The van der Waals surface area contributed by atoms with Crippen LogP contribution in [0.5, 0.6) is 0 Å². The lowest BCUT2D eigenvalue weighted by molar-refractivity contribution is -0.130. The number of rotatable bonds is 6. The van der Waals surface area contributed by atoms with Crippen molar-refractivity contribution in [3.63, 3.8) is 0 Å². The molecule has 1 aliphatic heterocycles. The summed E-state index contributed by atoms with van der Waals surface area (Å²) < 4.78 is 10.0. The molecule has 1 N–H and O–H groups in total. The molecule has 0 saturated carbocycles. The Hall–Kier alpha value is -2.30. The zero-order valence-electron chi connectivity index (χ0n) is 16.2. The van der Waals surface area contributed by atoms with Crippen LogP contribution in [0.15, 0.2) is 4.79 Å². The highest BCUT2D eigenvalue weighted by Crippen LogP contribution is 2.27. The van der Waals surface area contributed by atoms with E-state index in [4.69, 9.17) is 9.47 Å². The quantitative estimate of drug-likeness (QED) is 0.556. The topological polar surface area (TPSA) is 105 Å². The maximum Gasteiger partial charge on any atom is 0.348 e. The Bertz CT molecular complexity index is 930. The molecule has 2 aromatic rings.